The van der Waals surface area contributed by atoms with Gasteiger partial charge < -0.3 is 25.1 Å². The number of nitrogens with zero attached hydrogens (tertiary/aromatic N) is 5. The molecule has 3 heterocycles. The summed E-state index contributed by atoms with van der Waals surface area (Å²) in [6.07, 6.45) is 9.20. The Morgan fingerprint density at radius 1 is 0.521 bits per heavy atom. The first-order valence-electron chi connectivity index (χ1n) is 29.7. The van der Waals surface area contributed by atoms with E-state index in [0.29, 0.717) is 61.8 Å². The number of ether oxygens (including phenoxy) is 3. The molecular formula is C74H66BrCl4N7O8. The van der Waals surface area contributed by atoms with Crippen molar-refractivity contribution in [3.8, 4) is 33.4 Å². The van der Waals surface area contributed by atoms with Crippen molar-refractivity contribution < 1.29 is 38.5 Å². The van der Waals surface area contributed by atoms with Gasteiger partial charge in [0.25, 0.3) is 0 Å². The summed E-state index contributed by atoms with van der Waals surface area (Å²) >= 11 is 21.4. The van der Waals surface area contributed by atoms with Gasteiger partial charge in [0.05, 0.1) is 92.2 Å². The van der Waals surface area contributed by atoms with Crippen LogP contribution in [0.15, 0.2) is 219 Å². The first-order chi connectivity index (χ1) is 45.0. The Labute approximate surface area is 573 Å². The zero-order valence-corrected chi connectivity index (χ0v) is 56.1. The number of hydrogen-bond acceptors (Lipinski definition) is 11. The molecule has 480 valence electrons. The van der Waals surface area contributed by atoms with Crippen LogP contribution in [-0.4, -0.2) is 86.1 Å². The van der Waals surface area contributed by atoms with Crippen molar-refractivity contribution in [1.29, 1.82) is 0 Å². The highest BCUT2D eigenvalue weighted by Gasteiger charge is 2.54. The first-order valence-corrected chi connectivity index (χ1v) is 32.0. The molecule has 0 aliphatic heterocycles. The normalized spacial score (nSPS) is 14.9. The Morgan fingerprint density at radius 3 is 1.31 bits per heavy atom. The van der Waals surface area contributed by atoms with E-state index in [1.165, 1.54) is 49.6 Å². The van der Waals surface area contributed by atoms with Crippen LogP contribution in [0.1, 0.15) is 73.4 Å². The molecule has 3 aromatic heterocycles. The van der Waals surface area contributed by atoms with Crippen molar-refractivity contribution in [2.45, 2.75) is 50.1 Å². The minimum absolute atomic E-state index is 0. The minimum Gasteiger partial charge on any atom is -0.478 e. The Morgan fingerprint density at radius 2 is 0.904 bits per heavy atom. The van der Waals surface area contributed by atoms with Crippen LogP contribution in [0.25, 0.3) is 66.1 Å². The van der Waals surface area contributed by atoms with E-state index in [9.17, 15) is 24.3 Å². The maximum atomic E-state index is 12.2. The summed E-state index contributed by atoms with van der Waals surface area (Å²) in [4.78, 5) is 46.1. The lowest BCUT2D eigenvalue weighted by Gasteiger charge is -2.55. The number of aromatic carboxylic acids is 1. The third-order valence-electron chi connectivity index (χ3n) is 16.2. The number of benzene rings is 9. The fourth-order valence-electron chi connectivity index (χ4n) is 11.7. The number of alkyl halides is 1. The van der Waals surface area contributed by atoms with E-state index < -0.39 is 17.9 Å². The van der Waals surface area contributed by atoms with Crippen molar-refractivity contribution in [2.24, 2.45) is 17.1 Å². The van der Waals surface area contributed by atoms with Gasteiger partial charge in [0.1, 0.15) is 0 Å². The molecule has 15 nitrogen and oxygen atoms in total. The van der Waals surface area contributed by atoms with E-state index in [-0.39, 0.29) is 29.9 Å². The molecular weight excluding hydrogens is 1340 g/mol. The fraction of sp³-hybridized carbons (Fsp3) is 0.176. The van der Waals surface area contributed by atoms with Crippen LogP contribution in [0.3, 0.4) is 0 Å². The van der Waals surface area contributed by atoms with Crippen LogP contribution >= 0.6 is 63.1 Å². The number of aromatic amines is 1. The highest BCUT2D eigenvalue weighted by molar-refractivity contribution is 9.08. The molecule has 2 aliphatic carbocycles. The van der Waals surface area contributed by atoms with Crippen LogP contribution < -0.4 is 5.73 Å². The second-order valence-electron chi connectivity index (χ2n) is 22.6. The standard InChI is InChI=1S/C22H17ClN2O2.C21H15ClN2O2.C13H11Br.C9H7ClN2O2.C9H15NO2.ClH/c1-27-22(26)20-12-19(23)11-18-13-24-25(21(18)20)14-15-7-9-17(10-8-15)16-5-3-2-4-6-16;22-18-10-17-12-23-24(20(17)19(11-18)21(25)26)13-14-6-8-16(9-7-14)15-4-2-1-3-5-15;14-10-11-6-8-13(9-7-11)12-4-2-1-3-5-12;1-14-9(13)7-3-6(10)2-5-4-11-12-8(5)7;1-12-8(11)6-2-9(3-6)4-7(10)5-9;/h2-13H,14H2,1H3;1-12H,13H2,(H,25,26);1-9H,10H2;2-4H,1H3,(H,11,12);6-7H,2-5,10H2,1H3;1H. The third-order valence-corrected chi connectivity index (χ3v) is 17.5. The predicted molar refractivity (Wildman–Crippen MR) is 378 cm³/mol. The van der Waals surface area contributed by atoms with Gasteiger partial charge in [-0.05, 0) is 118 Å². The van der Waals surface area contributed by atoms with Gasteiger partial charge in [-0.15, -0.1) is 12.4 Å². The lowest BCUT2D eigenvalue weighted by molar-refractivity contribution is -0.159. The molecule has 0 bridgehead atoms. The van der Waals surface area contributed by atoms with Crippen LogP contribution in [0.4, 0.5) is 0 Å². The zero-order chi connectivity index (χ0) is 65.6. The van der Waals surface area contributed by atoms with Crippen LogP contribution in [0, 0.1) is 11.3 Å². The number of methoxy groups -OCH3 is 3. The van der Waals surface area contributed by atoms with Gasteiger partial charge in [0.2, 0.25) is 0 Å². The Kier molecular flexibility index (Phi) is 23.7. The first kappa shape index (κ1) is 69.2. The number of carbonyl (C=O) groups is 4. The van der Waals surface area contributed by atoms with Crippen LogP contribution in [0.5, 0.6) is 0 Å². The number of fused-ring (bicyclic) bond motifs is 3. The van der Waals surface area contributed by atoms with Gasteiger partial charge >= 0.3 is 23.9 Å². The number of rotatable bonds is 12. The highest BCUT2D eigenvalue weighted by Crippen LogP contribution is 2.58. The van der Waals surface area contributed by atoms with Crippen LogP contribution in [-0.2, 0) is 37.4 Å². The zero-order valence-electron chi connectivity index (χ0n) is 51.4. The summed E-state index contributed by atoms with van der Waals surface area (Å²) in [5.41, 5.74) is 19.7. The number of carboxylic acid groups (broad SMARTS) is 1. The Bertz CT molecular complexity index is 4540. The molecule has 94 heavy (non-hydrogen) atoms. The number of nitrogens with two attached hydrogens (primary N) is 1. The van der Waals surface area contributed by atoms with Crippen molar-refractivity contribution >= 4 is 120 Å². The molecule has 0 saturated heterocycles. The van der Waals surface area contributed by atoms with Gasteiger partial charge in [-0.1, -0.05) is 215 Å². The highest BCUT2D eigenvalue weighted by atomic mass is 79.9. The number of halogens is 5. The second kappa shape index (κ2) is 32.1. The summed E-state index contributed by atoms with van der Waals surface area (Å²) in [5.74, 6) is -1.74. The average molecular weight is 1400 g/mol. The maximum absolute atomic E-state index is 12.2. The molecule has 0 radical (unpaired) electrons. The van der Waals surface area contributed by atoms with Crippen molar-refractivity contribution in [3.63, 3.8) is 0 Å². The summed E-state index contributed by atoms with van der Waals surface area (Å²) in [5, 5.41) is 29.4. The fourth-order valence-corrected chi connectivity index (χ4v) is 12.7. The van der Waals surface area contributed by atoms with Gasteiger partial charge in [0.15, 0.2) is 0 Å². The van der Waals surface area contributed by atoms with E-state index in [0.717, 1.165) is 80.5 Å². The van der Waals surface area contributed by atoms with E-state index in [1.54, 1.807) is 58.3 Å². The lowest BCUT2D eigenvalue weighted by atomic mass is 9.50. The Balaban J connectivity index is 0.000000144. The SMILES string of the molecule is BrCc1ccc(-c2ccccc2)cc1.COC(=O)C1CC2(CC(N)C2)C1.COC(=O)c1cc(Cl)cc2cn[nH]c12.COC(=O)c1cc(Cl)cc2cnn(Cc3ccc(-c4ccccc4)cc3)c12.Cl.O=C(O)c1cc(Cl)cc2cnn(Cc3ccc(-c4ccccc4)cc3)c12. The number of carbonyl (C=O) groups excluding carboxylic acids is 3. The molecule has 0 unspecified atom stereocenters. The van der Waals surface area contributed by atoms with E-state index in [1.807, 2.05) is 54.6 Å². The summed E-state index contributed by atoms with van der Waals surface area (Å²) in [7, 11) is 4.14. The maximum Gasteiger partial charge on any atom is 0.340 e. The van der Waals surface area contributed by atoms with Crippen molar-refractivity contribution in [1.82, 2.24) is 29.8 Å². The molecule has 2 fully saturated rings. The lowest BCUT2D eigenvalue weighted by Crippen LogP contribution is -2.54. The predicted octanol–water partition coefficient (Wildman–Crippen LogP) is 17.6. The molecule has 0 atom stereocenters. The molecule has 4 N–H and O–H groups in total. The van der Waals surface area contributed by atoms with Crippen molar-refractivity contribution in [3.05, 3.63) is 267 Å². The van der Waals surface area contributed by atoms with Gasteiger partial charge in [-0.25, -0.2) is 14.4 Å². The van der Waals surface area contributed by atoms with Gasteiger partial charge in [-0.3, -0.25) is 19.3 Å². The molecule has 2 saturated carbocycles. The summed E-state index contributed by atoms with van der Waals surface area (Å²) < 4.78 is 17.7. The van der Waals surface area contributed by atoms with E-state index in [4.69, 9.17) is 45.3 Å². The van der Waals surface area contributed by atoms with E-state index in [2.05, 4.69) is 155 Å². The quantitative estimate of drug-likeness (QED) is 0.0593. The smallest absolute Gasteiger partial charge is 0.340 e. The van der Waals surface area contributed by atoms with E-state index >= 15 is 0 Å². The molecule has 9 aromatic carbocycles. The van der Waals surface area contributed by atoms with Crippen LogP contribution in [0.2, 0.25) is 15.1 Å². The van der Waals surface area contributed by atoms with Crippen molar-refractivity contribution in [2.75, 3.05) is 21.3 Å². The summed E-state index contributed by atoms with van der Waals surface area (Å²) in [6, 6.07) is 66.2. The average Bonchev–Trinajstić information content (AvgIpc) is 1.10. The third kappa shape index (κ3) is 17.0. The molecule has 2 aliphatic rings. The molecule has 14 rings (SSSR count). The minimum atomic E-state index is -1.02. The number of hydrogen-bond donors (Lipinski definition) is 3. The second-order valence-corrected chi connectivity index (χ2v) is 24.5. The molecule has 1 spiro atoms. The Hall–Kier alpha value is -9.13. The molecule has 0 amide bonds. The largest absolute Gasteiger partial charge is 0.478 e. The number of esters is 3. The van der Waals surface area contributed by atoms with Gasteiger partial charge in [0, 0.05) is 42.6 Å². The number of nitrogens with one attached hydrogen (secondary N) is 1. The summed E-state index contributed by atoms with van der Waals surface area (Å²) in [6.45, 7) is 1.03. The number of H-pyrrole nitrogens is 1. The molecule has 20 heteroatoms. The molecule has 12 aromatic rings. The number of aromatic nitrogens is 6. The number of carboxylic acids is 1. The monoisotopic (exact) mass is 1400 g/mol. The van der Waals surface area contributed by atoms with Gasteiger partial charge in [-0.2, -0.15) is 15.3 Å². The topological polar surface area (TPSA) is 207 Å².